The molecule has 0 radical (unpaired) electrons. The fraction of sp³-hybridized carbons (Fsp3) is 0.500. The van der Waals surface area contributed by atoms with Crippen molar-refractivity contribution in [2.75, 3.05) is 11.9 Å². The van der Waals surface area contributed by atoms with Crippen LogP contribution in [0.5, 0.6) is 0 Å². The first-order valence-corrected chi connectivity index (χ1v) is 8.40. The molecule has 0 aliphatic heterocycles. The Morgan fingerprint density at radius 2 is 1.88 bits per heavy atom. The van der Waals surface area contributed by atoms with Gasteiger partial charge in [0, 0.05) is 18.5 Å². The quantitative estimate of drug-likeness (QED) is 0.681. The molecule has 2 amide bonds. The van der Waals surface area contributed by atoms with Gasteiger partial charge < -0.3 is 15.7 Å². The summed E-state index contributed by atoms with van der Waals surface area (Å²) in [4.78, 5) is 34.3. The van der Waals surface area contributed by atoms with Gasteiger partial charge in [0.25, 0.3) is 0 Å². The van der Waals surface area contributed by atoms with Gasteiger partial charge in [0.15, 0.2) is 0 Å². The molecule has 0 heterocycles. The molecule has 0 aromatic heterocycles. The molecule has 0 saturated heterocycles. The highest BCUT2D eigenvalue weighted by molar-refractivity contribution is 5.94. The van der Waals surface area contributed by atoms with Crippen LogP contribution in [0.4, 0.5) is 5.69 Å². The van der Waals surface area contributed by atoms with Crippen molar-refractivity contribution in [2.45, 2.75) is 44.9 Å². The number of amides is 2. The number of carboxylic acid groups (broad SMARTS) is 1. The number of hydrogen-bond donors (Lipinski definition) is 3. The Morgan fingerprint density at radius 3 is 2.58 bits per heavy atom. The summed E-state index contributed by atoms with van der Waals surface area (Å²) in [7, 11) is 0. The minimum Gasteiger partial charge on any atom is -0.481 e. The molecule has 1 aromatic rings. The van der Waals surface area contributed by atoms with Crippen LogP contribution in [-0.4, -0.2) is 29.4 Å². The van der Waals surface area contributed by atoms with Crippen LogP contribution in [0.1, 0.15) is 44.1 Å². The van der Waals surface area contributed by atoms with Gasteiger partial charge in [0.2, 0.25) is 11.8 Å². The number of carbonyl (C=O) groups is 3. The van der Waals surface area contributed by atoms with E-state index in [1.165, 1.54) is 12.8 Å². The Labute approximate surface area is 141 Å². The summed E-state index contributed by atoms with van der Waals surface area (Å²) in [6.45, 7) is -0.0507. The molecule has 1 aliphatic rings. The van der Waals surface area contributed by atoms with E-state index in [-0.39, 0.29) is 24.8 Å². The van der Waals surface area contributed by atoms with E-state index in [4.69, 9.17) is 5.11 Å². The van der Waals surface area contributed by atoms with Crippen LogP contribution in [0.2, 0.25) is 0 Å². The van der Waals surface area contributed by atoms with E-state index in [1.807, 2.05) is 6.07 Å². The van der Waals surface area contributed by atoms with E-state index in [1.54, 1.807) is 18.2 Å². The van der Waals surface area contributed by atoms with Gasteiger partial charge >= 0.3 is 5.97 Å². The van der Waals surface area contributed by atoms with Crippen LogP contribution >= 0.6 is 0 Å². The number of nitrogens with one attached hydrogen (secondary N) is 2. The van der Waals surface area contributed by atoms with Crippen LogP contribution in [-0.2, 0) is 20.8 Å². The van der Waals surface area contributed by atoms with Gasteiger partial charge in [-0.15, -0.1) is 0 Å². The molecule has 24 heavy (non-hydrogen) atoms. The van der Waals surface area contributed by atoms with Crippen molar-refractivity contribution in [1.82, 2.24) is 5.32 Å². The van der Waals surface area contributed by atoms with Crippen molar-refractivity contribution in [3.05, 3.63) is 29.8 Å². The Morgan fingerprint density at radius 1 is 1.12 bits per heavy atom. The van der Waals surface area contributed by atoms with E-state index in [0.29, 0.717) is 24.4 Å². The summed E-state index contributed by atoms with van der Waals surface area (Å²) < 4.78 is 0. The lowest BCUT2D eigenvalue weighted by atomic mass is 10.0. The third-order valence-corrected chi connectivity index (χ3v) is 4.23. The number of carbonyl (C=O) groups excluding carboxylic acids is 2. The zero-order valence-corrected chi connectivity index (χ0v) is 13.7. The van der Waals surface area contributed by atoms with Gasteiger partial charge in [-0.25, -0.2) is 0 Å². The van der Waals surface area contributed by atoms with Gasteiger partial charge in [-0.3, -0.25) is 14.4 Å². The number of aliphatic carboxylic acids is 1. The topological polar surface area (TPSA) is 95.5 Å². The van der Waals surface area contributed by atoms with Crippen molar-refractivity contribution in [1.29, 1.82) is 0 Å². The number of anilines is 1. The highest BCUT2D eigenvalue weighted by Crippen LogP contribution is 2.27. The molecule has 1 saturated carbocycles. The molecule has 2 rings (SSSR count). The normalized spacial score (nSPS) is 14.3. The maximum atomic E-state index is 11.9. The summed E-state index contributed by atoms with van der Waals surface area (Å²) in [5.74, 6) is -0.759. The molecule has 130 valence electrons. The number of aryl methyl sites for hydroxylation is 1. The maximum Gasteiger partial charge on any atom is 0.303 e. The first kappa shape index (κ1) is 18.0. The fourth-order valence-corrected chi connectivity index (χ4v) is 2.99. The summed E-state index contributed by atoms with van der Waals surface area (Å²) in [6, 6.07) is 7.08. The summed E-state index contributed by atoms with van der Waals surface area (Å²) in [6.07, 6.45) is 5.54. The van der Waals surface area contributed by atoms with Crippen molar-refractivity contribution >= 4 is 23.5 Å². The molecule has 0 spiro atoms. The molecular formula is C18H24N2O4. The summed E-state index contributed by atoms with van der Waals surface area (Å²) in [5.41, 5.74) is 1.45. The minimum absolute atomic E-state index is 0.0502. The molecule has 0 bridgehead atoms. The Kier molecular flexibility index (Phi) is 6.78. The van der Waals surface area contributed by atoms with Crippen LogP contribution in [0.25, 0.3) is 0 Å². The zero-order valence-electron chi connectivity index (χ0n) is 13.7. The molecule has 3 N–H and O–H groups in total. The van der Waals surface area contributed by atoms with Crippen molar-refractivity contribution in [3.8, 4) is 0 Å². The van der Waals surface area contributed by atoms with E-state index < -0.39 is 5.97 Å². The Bertz CT molecular complexity index is 594. The van der Waals surface area contributed by atoms with Crippen molar-refractivity contribution in [2.24, 2.45) is 5.92 Å². The minimum atomic E-state index is -0.852. The maximum absolute atomic E-state index is 11.9. The Hall–Kier alpha value is -2.37. The smallest absolute Gasteiger partial charge is 0.303 e. The highest BCUT2D eigenvalue weighted by atomic mass is 16.4. The van der Waals surface area contributed by atoms with Crippen molar-refractivity contribution in [3.63, 3.8) is 0 Å². The van der Waals surface area contributed by atoms with Gasteiger partial charge in [0.05, 0.1) is 6.54 Å². The van der Waals surface area contributed by atoms with Crippen molar-refractivity contribution < 1.29 is 19.5 Å². The average molecular weight is 332 g/mol. The van der Waals surface area contributed by atoms with Gasteiger partial charge in [-0.1, -0.05) is 25.0 Å². The first-order chi connectivity index (χ1) is 11.5. The van der Waals surface area contributed by atoms with Crippen LogP contribution < -0.4 is 10.6 Å². The zero-order chi connectivity index (χ0) is 17.4. The molecular weight excluding hydrogens is 308 g/mol. The molecule has 0 atom stereocenters. The predicted molar refractivity (Wildman–Crippen MR) is 90.6 cm³/mol. The van der Waals surface area contributed by atoms with Crippen LogP contribution in [0.15, 0.2) is 24.3 Å². The molecule has 6 heteroatoms. The lowest BCUT2D eigenvalue weighted by Gasteiger charge is -2.10. The van der Waals surface area contributed by atoms with Crippen LogP contribution in [0, 0.1) is 5.92 Å². The highest BCUT2D eigenvalue weighted by Gasteiger charge is 2.18. The molecule has 1 fully saturated rings. The van der Waals surface area contributed by atoms with E-state index >= 15 is 0 Å². The van der Waals surface area contributed by atoms with Gasteiger partial charge in [0.1, 0.15) is 0 Å². The monoisotopic (exact) mass is 332 g/mol. The molecule has 1 aromatic carbocycles. The average Bonchev–Trinajstić information content (AvgIpc) is 3.04. The number of benzene rings is 1. The summed E-state index contributed by atoms with van der Waals surface area (Å²) in [5, 5.41) is 14.1. The third kappa shape index (κ3) is 6.40. The second-order valence-corrected chi connectivity index (χ2v) is 6.27. The Balaban J connectivity index is 1.74. The second-order valence-electron chi connectivity index (χ2n) is 6.27. The van der Waals surface area contributed by atoms with Crippen LogP contribution in [0.3, 0.4) is 0 Å². The standard InChI is InChI=1S/C18H24N2O4/c21-16(11-13-4-1-2-5-13)19-12-17(22)20-15-7-3-6-14(10-15)8-9-18(23)24/h3,6-7,10,13H,1-2,4-5,8-9,11-12H2,(H,19,21)(H,20,22)(H,23,24). The second kappa shape index (κ2) is 9.05. The van der Waals surface area contributed by atoms with E-state index in [9.17, 15) is 14.4 Å². The van der Waals surface area contributed by atoms with E-state index in [0.717, 1.165) is 18.4 Å². The number of rotatable bonds is 8. The lowest BCUT2D eigenvalue weighted by Crippen LogP contribution is -2.33. The molecule has 1 aliphatic carbocycles. The van der Waals surface area contributed by atoms with Gasteiger partial charge in [-0.05, 0) is 42.9 Å². The lowest BCUT2D eigenvalue weighted by molar-refractivity contribution is -0.137. The number of carboxylic acids is 1. The summed E-state index contributed by atoms with van der Waals surface area (Å²) >= 11 is 0. The van der Waals surface area contributed by atoms with Gasteiger partial charge in [-0.2, -0.15) is 0 Å². The molecule has 6 nitrogen and oxygen atoms in total. The number of hydrogen-bond acceptors (Lipinski definition) is 3. The van der Waals surface area contributed by atoms with E-state index in [2.05, 4.69) is 10.6 Å². The SMILES string of the molecule is O=C(O)CCc1cccc(NC(=O)CNC(=O)CC2CCCC2)c1. The fourth-order valence-electron chi connectivity index (χ4n) is 2.99. The predicted octanol–water partition coefficient (Wildman–Crippen LogP) is 2.34. The third-order valence-electron chi connectivity index (χ3n) is 4.23. The first-order valence-electron chi connectivity index (χ1n) is 8.40. The molecule has 0 unspecified atom stereocenters. The largest absolute Gasteiger partial charge is 0.481 e.